The molecule has 3 rings (SSSR count). The maximum absolute atomic E-state index is 5.75. The van der Waals surface area contributed by atoms with Crippen LogP contribution in [0.4, 0.5) is 0 Å². The van der Waals surface area contributed by atoms with Crippen LogP contribution in [0.25, 0.3) is 0 Å². The summed E-state index contributed by atoms with van der Waals surface area (Å²) in [7, 11) is 0. The number of ether oxygens (including phenoxy) is 1. The molecule has 0 N–H and O–H groups in total. The number of hydrogen-bond acceptors (Lipinski definition) is 2. The van der Waals surface area contributed by atoms with Crippen LogP contribution in [0.5, 0.6) is 5.75 Å². The Hall–Kier alpha value is -2.29. The second-order valence-electron chi connectivity index (χ2n) is 6.22. The summed E-state index contributed by atoms with van der Waals surface area (Å²) < 4.78 is 5.75. The van der Waals surface area contributed by atoms with E-state index in [0.29, 0.717) is 19.1 Å². The van der Waals surface area contributed by atoms with Crippen molar-refractivity contribution in [1.29, 1.82) is 0 Å². The Kier molecular flexibility index (Phi) is 5.89. The Morgan fingerprint density at radius 2 is 1.75 bits per heavy atom. The summed E-state index contributed by atoms with van der Waals surface area (Å²) in [6, 6.07) is 20.7. The molecule has 0 bridgehead atoms. The van der Waals surface area contributed by atoms with Gasteiger partial charge >= 0.3 is 0 Å². The molecule has 1 unspecified atom stereocenters. The van der Waals surface area contributed by atoms with Crippen molar-refractivity contribution in [2.75, 3.05) is 26.2 Å². The van der Waals surface area contributed by atoms with E-state index in [4.69, 9.17) is 9.73 Å². The molecule has 24 heavy (non-hydrogen) atoms. The summed E-state index contributed by atoms with van der Waals surface area (Å²) in [5, 5.41) is 0. The van der Waals surface area contributed by atoms with Gasteiger partial charge in [0.05, 0.1) is 12.4 Å². The standard InChI is InChI=1S/C21H26N2O/c1-2-14-23-17-19(18-9-5-3-6-10-18)16-21(23)22-13-15-24-20-11-7-4-8-12-20/h3-12,19H,2,13-17H2,1H3. The zero-order chi connectivity index (χ0) is 16.6. The minimum Gasteiger partial charge on any atom is -0.492 e. The van der Waals surface area contributed by atoms with E-state index in [1.54, 1.807) is 0 Å². The quantitative estimate of drug-likeness (QED) is 0.707. The van der Waals surface area contributed by atoms with Crippen molar-refractivity contribution in [3.05, 3.63) is 66.2 Å². The van der Waals surface area contributed by atoms with E-state index in [0.717, 1.165) is 31.7 Å². The summed E-state index contributed by atoms with van der Waals surface area (Å²) >= 11 is 0. The summed E-state index contributed by atoms with van der Waals surface area (Å²) in [5.74, 6) is 2.71. The molecule has 3 heteroatoms. The molecule has 1 fully saturated rings. The fraction of sp³-hybridized carbons (Fsp3) is 0.381. The molecular weight excluding hydrogens is 296 g/mol. The number of hydrogen-bond donors (Lipinski definition) is 0. The number of aliphatic imine (C=N–C) groups is 1. The van der Waals surface area contributed by atoms with Gasteiger partial charge < -0.3 is 9.64 Å². The van der Waals surface area contributed by atoms with Crippen molar-refractivity contribution in [3.8, 4) is 5.75 Å². The number of nitrogens with zero attached hydrogens (tertiary/aromatic N) is 2. The van der Waals surface area contributed by atoms with E-state index in [1.807, 2.05) is 30.3 Å². The molecule has 0 aromatic heterocycles. The molecule has 1 saturated heterocycles. The molecule has 126 valence electrons. The maximum Gasteiger partial charge on any atom is 0.119 e. The molecule has 2 aromatic rings. The largest absolute Gasteiger partial charge is 0.492 e. The van der Waals surface area contributed by atoms with E-state index < -0.39 is 0 Å². The molecule has 3 nitrogen and oxygen atoms in total. The lowest BCUT2D eigenvalue weighted by Crippen LogP contribution is -2.26. The van der Waals surface area contributed by atoms with Crippen LogP contribution in [-0.4, -0.2) is 37.0 Å². The van der Waals surface area contributed by atoms with Gasteiger partial charge in [-0.1, -0.05) is 55.5 Å². The molecule has 1 aliphatic rings. The normalized spacial score (nSPS) is 19.0. The van der Waals surface area contributed by atoms with Gasteiger partial charge in [0.2, 0.25) is 0 Å². The molecule has 0 radical (unpaired) electrons. The van der Waals surface area contributed by atoms with Crippen LogP contribution in [0.15, 0.2) is 65.7 Å². The molecule has 0 saturated carbocycles. The van der Waals surface area contributed by atoms with Crippen molar-refractivity contribution < 1.29 is 4.74 Å². The molecule has 1 aliphatic heterocycles. The molecule has 0 amide bonds. The van der Waals surface area contributed by atoms with Gasteiger partial charge in [0.1, 0.15) is 12.4 Å². The fourth-order valence-corrected chi connectivity index (χ4v) is 3.24. The highest BCUT2D eigenvalue weighted by molar-refractivity contribution is 5.85. The lowest BCUT2D eigenvalue weighted by Gasteiger charge is -2.18. The fourth-order valence-electron chi connectivity index (χ4n) is 3.24. The number of likely N-dealkylation sites (tertiary alicyclic amines) is 1. The smallest absolute Gasteiger partial charge is 0.119 e. The molecule has 1 atom stereocenters. The van der Waals surface area contributed by atoms with Gasteiger partial charge in [-0.3, -0.25) is 4.99 Å². The first-order valence-corrected chi connectivity index (χ1v) is 8.88. The SMILES string of the molecule is CCCN1CC(c2ccccc2)CC1=NCCOc1ccccc1. The van der Waals surface area contributed by atoms with E-state index in [9.17, 15) is 0 Å². The average Bonchev–Trinajstić information content (AvgIpc) is 3.04. The molecule has 0 aliphatic carbocycles. The highest BCUT2D eigenvalue weighted by Gasteiger charge is 2.27. The van der Waals surface area contributed by atoms with Gasteiger partial charge in [0, 0.05) is 25.4 Å². The predicted molar refractivity (Wildman–Crippen MR) is 99.9 cm³/mol. The van der Waals surface area contributed by atoms with Gasteiger partial charge in [-0.15, -0.1) is 0 Å². The van der Waals surface area contributed by atoms with Crippen molar-refractivity contribution in [1.82, 2.24) is 4.90 Å². The maximum atomic E-state index is 5.75. The van der Waals surface area contributed by atoms with Crippen LogP contribution in [0.1, 0.15) is 31.2 Å². The summed E-state index contributed by atoms with van der Waals surface area (Å²) in [6.07, 6.45) is 2.19. The number of rotatable bonds is 7. The second kappa shape index (κ2) is 8.53. The molecule has 1 heterocycles. The molecule has 2 aromatic carbocycles. The number of benzene rings is 2. The first-order chi connectivity index (χ1) is 11.9. The number of para-hydroxylation sites is 1. The lowest BCUT2D eigenvalue weighted by molar-refractivity contribution is 0.327. The topological polar surface area (TPSA) is 24.8 Å². The van der Waals surface area contributed by atoms with Crippen LogP contribution < -0.4 is 4.74 Å². The van der Waals surface area contributed by atoms with Crippen LogP contribution >= 0.6 is 0 Å². The second-order valence-corrected chi connectivity index (χ2v) is 6.22. The first-order valence-electron chi connectivity index (χ1n) is 8.88. The third-order valence-electron chi connectivity index (χ3n) is 4.40. The monoisotopic (exact) mass is 322 g/mol. The zero-order valence-electron chi connectivity index (χ0n) is 14.4. The van der Waals surface area contributed by atoms with E-state index >= 15 is 0 Å². The van der Waals surface area contributed by atoms with Crippen molar-refractivity contribution in [2.24, 2.45) is 4.99 Å². The Bertz CT molecular complexity index is 639. The Morgan fingerprint density at radius 1 is 1.04 bits per heavy atom. The summed E-state index contributed by atoms with van der Waals surface area (Å²) in [5.41, 5.74) is 1.42. The minimum absolute atomic E-state index is 0.562. The van der Waals surface area contributed by atoms with Crippen LogP contribution in [0, 0.1) is 0 Å². The lowest BCUT2D eigenvalue weighted by atomic mass is 9.98. The van der Waals surface area contributed by atoms with Gasteiger partial charge in [-0.05, 0) is 24.1 Å². The van der Waals surface area contributed by atoms with Crippen molar-refractivity contribution >= 4 is 5.84 Å². The Morgan fingerprint density at radius 3 is 2.46 bits per heavy atom. The Balaban J connectivity index is 1.57. The third kappa shape index (κ3) is 4.38. The van der Waals surface area contributed by atoms with Crippen molar-refractivity contribution in [2.45, 2.75) is 25.7 Å². The van der Waals surface area contributed by atoms with Gasteiger partial charge in [-0.25, -0.2) is 0 Å². The van der Waals surface area contributed by atoms with Gasteiger partial charge in [0.15, 0.2) is 0 Å². The van der Waals surface area contributed by atoms with Crippen LogP contribution in [0.3, 0.4) is 0 Å². The minimum atomic E-state index is 0.562. The van der Waals surface area contributed by atoms with Crippen LogP contribution in [-0.2, 0) is 0 Å². The van der Waals surface area contributed by atoms with E-state index in [2.05, 4.69) is 42.2 Å². The zero-order valence-corrected chi connectivity index (χ0v) is 14.4. The van der Waals surface area contributed by atoms with Gasteiger partial charge in [0.25, 0.3) is 0 Å². The Labute approximate surface area is 145 Å². The summed E-state index contributed by atoms with van der Waals surface area (Å²) in [6.45, 7) is 5.74. The third-order valence-corrected chi connectivity index (χ3v) is 4.40. The van der Waals surface area contributed by atoms with E-state index in [1.165, 1.54) is 11.4 Å². The number of amidine groups is 1. The highest BCUT2D eigenvalue weighted by Crippen LogP contribution is 2.28. The van der Waals surface area contributed by atoms with E-state index in [-0.39, 0.29) is 0 Å². The summed E-state index contributed by atoms with van der Waals surface area (Å²) in [4.78, 5) is 7.28. The van der Waals surface area contributed by atoms with Crippen LogP contribution in [0.2, 0.25) is 0 Å². The molecule has 0 spiro atoms. The predicted octanol–water partition coefficient (Wildman–Crippen LogP) is 4.36. The first kappa shape index (κ1) is 16.6. The highest BCUT2D eigenvalue weighted by atomic mass is 16.5. The average molecular weight is 322 g/mol. The van der Waals surface area contributed by atoms with Gasteiger partial charge in [-0.2, -0.15) is 0 Å². The van der Waals surface area contributed by atoms with Crippen molar-refractivity contribution in [3.63, 3.8) is 0 Å². The molecular formula is C21H26N2O.